The lowest BCUT2D eigenvalue weighted by molar-refractivity contribution is 0.156. The van der Waals surface area contributed by atoms with E-state index >= 15 is 0 Å². The predicted octanol–water partition coefficient (Wildman–Crippen LogP) is 2.72. The van der Waals surface area contributed by atoms with Gasteiger partial charge in [0.25, 0.3) is 0 Å². The third-order valence-electron chi connectivity index (χ3n) is 4.21. The van der Waals surface area contributed by atoms with E-state index in [4.69, 9.17) is 22.7 Å². The number of halogens is 1. The highest BCUT2D eigenvalue weighted by atomic mass is 32.1. The molecule has 0 radical (unpaired) electrons. The highest BCUT2D eigenvalue weighted by molar-refractivity contribution is 7.80. The van der Waals surface area contributed by atoms with E-state index in [9.17, 15) is 4.39 Å². The minimum Gasteiger partial charge on any atom is -0.497 e. The first-order valence-corrected chi connectivity index (χ1v) is 7.20. The van der Waals surface area contributed by atoms with E-state index in [1.54, 1.807) is 12.1 Å². The van der Waals surface area contributed by atoms with Gasteiger partial charge in [-0.2, -0.15) is 0 Å². The van der Waals surface area contributed by atoms with Crippen LogP contribution in [-0.4, -0.2) is 30.1 Å². The number of hydrogen-bond donors (Lipinski definition) is 1. The first-order chi connectivity index (χ1) is 9.44. The summed E-state index contributed by atoms with van der Waals surface area (Å²) in [7, 11) is 1.54. The van der Waals surface area contributed by atoms with Crippen LogP contribution in [0, 0.1) is 11.2 Å². The maximum atomic E-state index is 13.9. The van der Waals surface area contributed by atoms with E-state index in [-0.39, 0.29) is 11.2 Å². The number of benzene rings is 1. The Bertz CT molecular complexity index is 499. The molecule has 3 nitrogen and oxygen atoms in total. The van der Waals surface area contributed by atoms with Crippen molar-refractivity contribution >= 4 is 17.2 Å². The maximum absolute atomic E-state index is 13.9. The van der Waals surface area contributed by atoms with Gasteiger partial charge in [-0.15, -0.1) is 0 Å². The van der Waals surface area contributed by atoms with Gasteiger partial charge in [0.05, 0.1) is 12.1 Å². The summed E-state index contributed by atoms with van der Waals surface area (Å²) in [6, 6.07) is 5.01. The molecule has 0 spiro atoms. The zero-order valence-corrected chi connectivity index (χ0v) is 12.8. The van der Waals surface area contributed by atoms with Crippen molar-refractivity contribution in [3.63, 3.8) is 0 Å². The smallest absolute Gasteiger partial charge is 0.131 e. The molecule has 5 heteroatoms. The van der Waals surface area contributed by atoms with Crippen molar-refractivity contribution in [1.82, 2.24) is 4.90 Å². The molecule has 1 aromatic rings. The fraction of sp³-hybridized carbons (Fsp3) is 0.533. The summed E-state index contributed by atoms with van der Waals surface area (Å²) < 4.78 is 18.9. The summed E-state index contributed by atoms with van der Waals surface area (Å²) in [6.45, 7) is 4.50. The molecule has 1 saturated heterocycles. The fourth-order valence-electron chi connectivity index (χ4n) is 2.48. The number of piperidine rings is 1. The van der Waals surface area contributed by atoms with Crippen molar-refractivity contribution in [1.29, 1.82) is 0 Å². The van der Waals surface area contributed by atoms with Crippen molar-refractivity contribution in [2.75, 3.05) is 20.2 Å². The molecule has 0 unspecified atom stereocenters. The van der Waals surface area contributed by atoms with Gasteiger partial charge in [-0.1, -0.05) is 25.2 Å². The van der Waals surface area contributed by atoms with Crippen LogP contribution in [0.4, 0.5) is 4.39 Å². The average molecular weight is 296 g/mol. The van der Waals surface area contributed by atoms with E-state index in [1.165, 1.54) is 13.2 Å². The van der Waals surface area contributed by atoms with Gasteiger partial charge in [0.15, 0.2) is 0 Å². The topological polar surface area (TPSA) is 38.5 Å². The Hall–Kier alpha value is -1.20. The van der Waals surface area contributed by atoms with Crippen LogP contribution >= 0.6 is 12.2 Å². The van der Waals surface area contributed by atoms with Crippen LogP contribution in [0.1, 0.15) is 25.3 Å². The lowest BCUT2D eigenvalue weighted by atomic mass is 9.80. The lowest BCUT2D eigenvalue weighted by Gasteiger charge is -2.38. The molecule has 1 aliphatic heterocycles. The molecule has 0 aromatic heterocycles. The quantitative estimate of drug-likeness (QED) is 0.867. The third-order valence-corrected chi connectivity index (χ3v) is 4.70. The number of hydrogen-bond acceptors (Lipinski definition) is 3. The van der Waals surface area contributed by atoms with Gasteiger partial charge in [-0.25, -0.2) is 4.39 Å². The molecule has 1 heterocycles. The van der Waals surface area contributed by atoms with E-state index in [0.29, 0.717) is 22.8 Å². The molecule has 0 atom stereocenters. The van der Waals surface area contributed by atoms with Crippen molar-refractivity contribution in [2.45, 2.75) is 26.3 Å². The van der Waals surface area contributed by atoms with Gasteiger partial charge in [-0.3, -0.25) is 4.90 Å². The Labute approximate surface area is 124 Å². The van der Waals surface area contributed by atoms with Gasteiger partial charge < -0.3 is 10.5 Å². The van der Waals surface area contributed by atoms with Crippen molar-refractivity contribution < 1.29 is 9.13 Å². The molecule has 20 heavy (non-hydrogen) atoms. The molecule has 2 N–H and O–H groups in total. The molecule has 1 fully saturated rings. The summed E-state index contributed by atoms with van der Waals surface area (Å²) in [5.74, 6) is 0.331. The second-order valence-corrected chi connectivity index (χ2v) is 6.10. The zero-order valence-electron chi connectivity index (χ0n) is 12.0. The first kappa shape index (κ1) is 15.2. The highest BCUT2D eigenvalue weighted by Crippen LogP contribution is 2.32. The van der Waals surface area contributed by atoms with Crippen LogP contribution in [-0.2, 0) is 6.54 Å². The first-order valence-electron chi connectivity index (χ1n) is 6.79. The maximum Gasteiger partial charge on any atom is 0.131 e. The summed E-state index contributed by atoms with van der Waals surface area (Å²) in [4.78, 5) is 2.83. The largest absolute Gasteiger partial charge is 0.497 e. The monoisotopic (exact) mass is 296 g/mol. The number of rotatable bonds is 4. The van der Waals surface area contributed by atoms with Crippen molar-refractivity contribution in [3.8, 4) is 5.75 Å². The van der Waals surface area contributed by atoms with Crippen LogP contribution in [0.2, 0.25) is 0 Å². The van der Waals surface area contributed by atoms with Crippen LogP contribution in [0.5, 0.6) is 5.75 Å². The zero-order chi connectivity index (χ0) is 14.8. The molecule has 1 aromatic carbocycles. The number of nitrogens with zero attached hydrogens (tertiary/aromatic N) is 1. The molecule has 0 aliphatic carbocycles. The van der Waals surface area contributed by atoms with E-state index in [1.807, 2.05) is 0 Å². The van der Waals surface area contributed by atoms with E-state index in [2.05, 4.69) is 11.8 Å². The molecule has 2 rings (SSSR count). The van der Waals surface area contributed by atoms with E-state index < -0.39 is 0 Å². The minimum absolute atomic E-state index is 0.0513. The summed E-state index contributed by atoms with van der Waals surface area (Å²) in [5.41, 5.74) is 6.44. The highest BCUT2D eigenvalue weighted by Gasteiger charge is 2.32. The van der Waals surface area contributed by atoms with Gasteiger partial charge in [0.1, 0.15) is 11.6 Å². The number of methoxy groups -OCH3 is 1. The Morgan fingerprint density at radius 1 is 1.45 bits per heavy atom. The Balaban J connectivity index is 1.98. The van der Waals surface area contributed by atoms with Crippen LogP contribution in [0.25, 0.3) is 0 Å². The standard InChI is InChI=1S/C15H21FN2OS/c1-15(14(17)20)5-7-18(8-6-15)10-11-3-4-12(19-2)9-13(11)16/h3-4,9H,5-8,10H2,1-2H3,(H2,17,20). The molecular weight excluding hydrogens is 275 g/mol. The molecule has 1 aliphatic rings. The van der Waals surface area contributed by atoms with Gasteiger partial charge >= 0.3 is 0 Å². The number of likely N-dealkylation sites (tertiary alicyclic amines) is 1. The fourth-order valence-corrected chi connectivity index (χ4v) is 2.68. The van der Waals surface area contributed by atoms with Crippen LogP contribution < -0.4 is 10.5 Å². The Kier molecular flexibility index (Phi) is 4.60. The van der Waals surface area contributed by atoms with Gasteiger partial charge in [0.2, 0.25) is 0 Å². The van der Waals surface area contributed by atoms with Gasteiger partial charge in [-0.05, 0) is 32.0 Å². The Morgan fingerprint density at radius 2 is 2.10 bits per heavy atom. The minimum atomic E-state index is -0.216. The summed E-state index contributed by atoms with van der Waals surface area (Å²) in [6.07, 6.45) is 1.86. The molecule has 0 bridgehead atoms. The van der Waals surface area contributed by atoms with Crippen LogP contribution in [0.3, 0.4) is 0 Å². The normalized spacial score (nSPS) is 18.8. The number of ether oxygens (including phenoxy) is 1. The second-order valence-electron chi connectivity index (χ2n) is 5.66. The SMILES string of the molecule is COc1ccc(CN2CCC(C)(C(N)=S)CC2)c(F)c1. The Morgan fingerprint density at radius 3 is 2.60 bits per heavy atom. The average Bonchev–Trinajstić information content (AvgIpc) is 2.43. The van der Waals surface area contributed by atoms with Gasteiger partial charge in [0, 0.05) is 23.6 Å². The molecule has 0 amide bonds. The lowest BCUT2D eigenvalue weighted by Crippen LogP contribution is -2.44. The molecular formula is C15H21FN2OS. The van der Waals surface area contributed by atoms with Crippen molar-refractivity contribution in [2.24, 2.45) is 11.1 Å². The van der Waals surface area contributed by atoms with Crippen LogP contribution in [0.15, 0.2) is 18.2 Å². The van der Waals surface area contributed by atoms with Crippen molar-refractivity contribution in [3.05, 3.63) is 29.6 Å². The molecule has 0 saturated carbocycles. The number of thiocarbonyl (C=S) groups is 1. The predicted molar refractivity (Wildman–Crippen MR) is 82.4 cm³/mol. The second kappa shape index (κ2) is 6.06. The third kappa shape index (κ3) is 3.27. The number of nitrogens with two attached hydrogens (primary N) is 1. The molecule has 110 valence electrons. The van der Waals surface area contributed by atoms with E-state index in [0.717, 1.165) is 25.9 Å². The summed E-state index contributed by atoms with van der Waals surface area (Å²) >= 11 is 5.13. The summed E-state index contributed by atoms with van der Waals surface area (Å²) in [5, 5.41) is 0.